The Hall–Kier alpha value is -2.06. The quantitative estimate of drug-likeness (QED) is 0.709. The molecule has 22 heavy (non-hydrogen) atoms. The molecule has 1 aliphatic heterocycles. The number of carbonyl (C=O) groups excluding carboxylic acids is 1. The Labute approximate surface area is 129 Å². The molecular weight excluding hydrogens is 308 g/mol. The van der Waals surface area contributed by atoms with Crippen LogP contribution in [0.5, 0.6) is 11.5 Å². The predicted molar refractivity (Wildman–Crippen MR) is 80.4 cm³/mol. The smallest absolute Gasteiger partial charge is 0.240 e. The van der Waals surface area contributed by atoms with Crippen molar-refractivity contribution in [2.24, 2.45) is 0 Å². The van der Waals surface area contributed by atoms with Gasteiger partial charge < -0.3 is 14.8 Å². The fourth-order valence-corrected chi connectivity index (χ4v) is 2.89. The average Bonchev–Trinajstić information content (AvgIpc) is 2.52. The minimum absolute atomic E-state index is 0.0136. The van der Waals surface area contributed by atoms with Gasteiger partial charge in [0.2, 0.25) is 15.9 Å². The van der Waals surface area contributed by atoms with Crippen molar-refractivity contribution >= 4 is 15.9 Å². The number of rotatable bonds is 7. The van der Waals surface area contributed by atoms with Crippen LogP contribution in [0.3, 0.4) is 0 Å². The maximum Gasteiger partial charge on any atom is 0.240 e. The van der Waals surface area contributed by atoms with Gasteiger partial charge in [-0.15, -0.1) is 6.58 Å². The van der Waals surface area contributed by atoms with Gasteiger partial charge in [0, 0.05) is 25.6 Å². The first-order chi connectivity index (χ1) is 10.5. The summed E-state index contributed by atoms with van der Waals surface area (Å²) in [7, 11) is -3.70. The Kier molecular flexibility index (Phi) is 5.40. The Morgan fingerprint density at radius 1 is 1.27 bits per heavy atom. The molecule has 1 aliphatic rings. The summed E-state index contributed by atoms with van der Waals surface area (Å²) < 4.78 is 37.4. The van der Waals surface area contributed by atoms with Gasteiger partial charge in [0.05, 0.1) is 4.90 Å². The molecule has 7 nitrogen and oxygen atoms in total. The SMILES string of the molecule is C=CCNC(=O)CCNS(=O)(=O)c1ccc2c(c1)OCCO2. The molecule has 0 unspecified atom stereocenters. The van der Waals surface area contributed by atoms with Crippen molar-refractivity contribution in [2.45, 2.75) is 11.3 Å². The fraction of sp³-hybridized carbons (Fsp3) is 0.357. The lowest BCUT2D eigenvalue weighted by atomic mass is 10.3. The van der Waals surface area contributed by atoms with E-state index in [9.17, 15) is 13.2 Å². The van der Waals surface area contributed by atoms with E-state index in [4.69, 9.17) is 9.47 Å². The topological polar surface area (TPSA) is 93.7 Å². The van der Waals surface area contributed by atoms with Gasteiger partial charge in [-0.05, 0) is 12.1 Å². The molecule has 8 heteroatoms. The predicted octanol–water partition coefficient (Wildman–Crippen LogP) is 0.428. The van der Waals surface area contributed by atoms with Crippen molar-refractivity contribution in [1.29, 1.82) is 0 Å². The zero-order chi connectivity index (χ0) is 16.0. The number of amides is 1. The van der Waals surface area contributed by atoms with Crippen molar-refractivity contribution in [3.05, 3.63) is 30.9 Å². The molecule has 0 bridgehead atoms. The molecule has 0 radical (unpaired) electrons. The molecule has 0 saturated heterocycles. The van der Waals surface area contributed by atoms with Crippen LogP contribution in [0.2, 0.25) is 0 Å². The molecule has 0 fully saturated rings. The molecule has 0 aromatic heterocycles. The van der Waals surface area contributed by atoms with Gasteiger partial charge in [-0.2, -0.15) is 0 Å². The molecule has 2 N–H and O–H groups in total. The lowest BCUT2D eigenvalue weighted by Gasteiger charge is -2.18. The van der Waals surface area contributed by atoms with E-state index in [1.165, 1.54) is 12.1 Å². The van der Waals surface area contributed by atoms with Crippen LogP contribution in [0.25, 0.3) is 0 Å². The summed E-state index contributed by atoms with van der Waals surface area (Å²) in [5.41, 5.74) is 0. The first-order valence-corrected chi connectivity index (χ1v) is 8.28. The normalized spacial score (nSPS) is 13.5. The van der Waals surface area contributed by atoms with Gasteiger partial charge >= 0.3 is 0 Å². The molecule has 1 aromatic rings. The van der Waals surface area contributed by atoms with E-state index in [0.29, 0.717) is 31.3 Å². The highest BCUT2D eigenvalue weighted by molar-refractivity contribution is 7.89. The maximum absolute atomic E-state index is 12.2. The average molecular weight is 326 g/mol. The van der Waals surface area contributed by atoms with E-state index >= 15 is 0 Å². The molecule has 0 spiro atoms. The highest BCUT2D eigenvalue weighted by Gasteiger charge is 2.19. The van der Waals surface area contributed by atoms with Crippen molar-refractivity contribution in [1.82, 2.24) is 10.0 Å². The number of nitrogens with one attached hydrogen (secondary N) is 2. The lowest BCUT2D eigenvalue weighted by Crippen LogP contribution is -2.30. The summed E-state index contributed by atoms with van der Waals surface area (Å²) in [6, 6.07) is 4.40. The number of ether oxygens (including phenoxy) is 2. The van der Waals surface area contributed by atoms with Gasteiger partial charge in [-0.1, -0.05) is 6.08 Å². The summed E-state index contributed by atoms with van der Waals surface area (Å²) in [6.07, 6.45) is 1.61. The number of hydrogen-bond acceptors (Lipinski definition) is 5. The molecule has 0 atom stereocenters. The lowest BCUT2D eigenvalue weighted by molar-refractivity contribution is -0.120. The number of fused-ring (bicyclic) bond motifs is 1. The fourth-order valence-electron chi connectivity index (χ4n) is 1.85. The van der Waals surface area contributed by atoms with E-state index in [0.717, 1.165) is 0 Å². The molecule has 2 rings (SSSR count). The van der Waals surface area contributed by atoms with Gasteiger partial charge in [0.1, 0.15) is 13.2 Å². The van der Waals surface area contributed by atoms with Crippen LogP contribution >= 0.6 is 0 Å². The number of sulfonamides is 1. The van der Waals surface area contributed by atoms with Crippen LogP contribution in [0.15, 0.2) is 35.7 Å². The Bertz CT molecular complexity index is 657. The summed E-state index contributed by atoms with van der Waals surface area (Å²) in [6.45, 7) is 4.67. The maximum atomic E-state index is 12.2. The second-order valence-corrected chi connectivity index (χ2v) is 6.31. The third-order valence-electron chi connectivity index (χ3n) is 2.91. The molecule has 1 heterocycles. The zero-order valence-electron chi connectivity index (χ0n) is 12.0. The largest absolute Gasteiger partial charge is 0.486 e. The molecule has 0 saturated carbocycles. The van der Waals surface area contributed by atoms with E-state index < -0.39 is 10.0 Å². The highest BCUT2D eigenvalue weighted by atomic mass is 32.2. The van der Waals surface area contributed by atoms with Crippen molar-refractivity contribution in [2.75, 3.05) is 26.3 Å². The molecule has 1 amide bonds. The summed E-state index contributed by atoms with van der Waals surface area (Å²) in [5, 5.41) is 2.57. The molecule has 0 aliphatic carbocycles. The third-order valence-corrected chi connectivity index (χ3v) is 4.37. The van der Waals surface area contributed by atoms with Gasteiger partial charge in [-0.25, -0.2) is 13.1 Å². The van der Waals surface area contributed by atoms with E-state index in [2.05, 4.69) is 16.6 Å². The van der Waals surface area contributed by atoms with Crippen LogP contribution < -0.4 is 19.5 Å². The number of carbonyl (C=O) groups is 1. The summed E-state index contributed by atoms with van der Waals surface area (Å²) in [4.78, 5) is 11.5. The molecule has 120 valence electrons. The first kappa shape index (κ1) is 16.3. The van der Waals surface area contributed by atoms with Crippen molar-refractivity contribution < 1.29 is 22.7 Å². The number of benzene rings is 1. The Balaban J connectivity index is 1.95. The molecular formula is C14H18N2O5S. The summed E-state index contributed by atoms with van der Waals surface area (Å²) in [5.74, 6) is 0.677. The van der Waals surface area contributed by atoms with Gasteiger partial charge in [0.15, 0.2) is 11.5 Å². The van der Waals surface area contributed by atoms with Crippen LogP contribution in [-0.2, 0) is 14.8 Å². The standard InChI is InChI=1S/C14H18N2O5S/c1-2-6-15-14(17)5-7-16-22(18,19)11-3-4-12-13(10-11)21-9-8-20-12/h2-4,10,16H,1,5-9H2,(H,15,17). The Morgan fingerprint density at radius 3 is 2.73 bits per heavy atom. The van der Waals surface area contributed by atoms with Gasteiger partial charge in [0.25, 0.3) is 0 Å². The monoisotopic (exact) mass is 326 g/mol. The first-order valence-electron chi connectivity index (χ1n) is 6.80. The van der Waals surface area contributed by atoms with Crippen LogP contribution in [0.1, 0.15) is 6.42 Å². The minimum Gasteiger partial charge on any atom is -0.486 e. The number of hydrogen-bond donors (Lipinski definition) is 2. The van der Waals surface area contributed by atoms with Crippen molar-refractivity contribution in [3.63, 3.8) is 0 Å². The second kappa shape index (κ2) is 7.28. The van der Waals surface area contributed by atoms with E-state index in [1.807, 2.05) is 0 Å². The van der Waals surface area contributed by atoms with Crippen LogP contribution in [-0.4, -0.2) is 40.6 Å². The van der Waals surface area contributed by atoms with Crippen LogP contribution in [0, 0.1) is 0 Å². The highest BCUT2D eigenvalue weighted by Crippen LogP contribution is 2.32. The minimum atomic E-state index is -3.70. The molecule has 1 aromatic carbocycles. The second-order valence-electron chi connectivity index (χ2n) is 4.55. The Morgan fingerprint density at radius 2 is 2.00 bits per heavy atom. The van der Waals surface area contributed by atoms with Crippen molar-refractivity contribution in [3.8, 4) is 11.5 Å². The zero-order valence-corrected chi connectivity index (χ0v) is 12.8. The van der Waals surface area contributed by atoms with Crippen LogP contribution in [0.4, 0.5) is 0 Å². The van der Waals surface area contributed by atoms with E-state index in [-0.39, 0.29) is 23.8 Å². The van der Waals surface area contributed by atoms with E-state index in [1.54, 1.807) is 12.1 Å². The summed E-state index contributed by atoms with van der Waals surface area (Å²) >= 11 is 0. The van der Waals surface area contributed by atoms with Gasteiger partial charge in [-0.3, -0.25) is 4.79 Å². The third kappa shape index (κ3) is 4.22.